The van der Waals surface area contributed by atoms with Crippen LogP contribution in [0.3, 0.4) is 0 Å². The molecule has 0 saturated heterocycles. The van der Waals surface area contributed by atoms with Gasteiger partial charge in [0.15, 0.2) is 0 Å². The molecule has 2 aromatic rings. The van der Waals surface area contributed by atoms with Crippen LogP contribution in [0.5, 0.6) is 0 Å². The zero-order chi connectivity index (χ0) is 14.3. The second-order valence-corrected chi connectivity index (χ2v) is 6.19. The molecule has 21 heavy (non-hydrogen) atoms. The average molecular weight is 272 g/mol. The van der Waals surface area contributed by atoms with E-state index in [0.717, 1.165) is 12.8 Å². The largest absolute Gasteiger partial charge is 0.0913 e. The first-order chi connectivity index (χ1) is 10.3. The molecular weight excluding hydrogens is 252 g/mol. The van der Waals surface area contributed by atoms with Crippen LogP contribution in [0.1, 0.15) is 37.3 Å². The standard InChI is InChI=1S/C21H20/c1-2-3-8-16-13-14-21(15-16)19-11-6-4-9-17(19)18-10-5-7-12-20(18)21/h2-7,9-13H,8,14-15H2,1H3/b3-2+. The predicted molar refractivity (Wildman–Crippen MR) is 89.4 cm³/mol. The molecule has 0 aromatic heterocycles. The van der Waals surface area contributed by atoms with Crippen molar-refractivity contribution in [2.75, 3.05) is 0 Å². The number of allylic oxidation sites excluding steroid dienone is 4. The third-order valence-corrected chi connectivity index (χ3v) is 5.06. The minimum Gasteiger partial charge on any atom is -0.0913 e. The third kappa shape index (κ3) is 1.75. The van der Waals surface area contributed by atoms with Gasteiger partial charge in [-0.15, -0.1) is 0 Å². The summed E-state index contributed by atoms with van der Waals surface area (Å²) in [6.07, 6.45) is 10.3. The Balaban J connectivity index is 1.84. The van der Waals surface area contributed by atoms with Crippen molar-refractivity contribution in [2.45, 2.75) is 31.6 Å². The van der Waals surface area contributed by atoms with Gasteiger partial charge in [-0.1, -0.05) is 72.3 Å². The zero-order valence-electron chi connectivity index (χ0n) is 12.5. The summed E-state index contributed by atoms with van der Waals surface area (Å²) >= 11 is 0. The van der Waals surface area contributed by atoms with Crippen molar-refractivity contribution < 1.29 is 0 Å². The molecule has 0 heterocycles. The number of hydrogen-bond donors (Lipinski definition) is 0. The van der Waals surface area contributed by atoms with E-state index in [1.165, 1.54) is 28.7 Å². The molecule has 0 fully saturated rings. The zero-order valence-corrected chi connectivity index (χ0v) is 12.5. The normalized spacial score (nSPS) is 18.0. The molecule has 2 aliphatic rings. The van der Waals surface area contributed by atoms with Crippen LogP contribution in [-0.2, 0) is 5.41 Å². The van der Waals surface area contributed by atoms with Crippen molar-refractivity contribution in [2.24, 2.45) is 0 Å². The van der Waals surface area contributed by atoms with E-state index < -0.39 is 0 Å². The molecular formula is C21H20. The van der Waals surface area contributed by atoms with Crippen molar-refractivity contribution in [3.63, 3.8) is 0 Å². The highest BCUT2D eigenvalue weighted by atomic mass is 14.5. The fourth-order valence-electron chi connectivity index (χ4n) is 4.10. The Bertz CT molecular complexity index is 701. The number of fused-ring (bicyclic) bond motifs is 5. The van der Waals surface area contributed by atoms with Gasteiger partial charge in [0.05, 0.1) is 0 Å². The molecule has 0 saturated carbocycles. The topological polar surface area (TPSA) is 0 Å². The van der Waals surface area contributed by atoms with E-state index in [1.807, 2.05) is 0 Å². The molecule has 1 spiro atoms. The molecule has 0 nitrogen and oxygen atoms in total. The SMILES string of the molecule is C/C=C/CC1=CCC2(C1)c1ccccc1-c1ccccc12. The fraction of sp³-hybridized carbons (Fsp3) is 0.238. The van der Waals surface area contributed by atoms with Crippen LogP contribution in [0.25, 0.3) is 11.1 Å². The highest BCUT2D eigenvalue weighted by molar-refractivity contribution is 5.81. The van der Waals surface area contributed by atoms with Crippen molar-refractivity contribution in [3.05, 3.63) is 83.5 Å². The van der Waals surface area contributed by atoms with E-state index in [9.17, 15) is 0 Å². The van der Waals surface area contributed by atoms with Gasteiger partial charge in [0.25, 0.3) is 0 Å². The van der Waals surface area contributed by atoms with Crippen LogP contribution in [-0.4, -0.2) is 0 Å². The average Bonchev–Trinajstić information content (AvgIpc) is 3.09. The lowest BCUT2D eigenvalue weighted by molar-refractivity contribution is 0.561. The Morgan fingerprint density at radius 3 is 2.19 bits per heavy atom. The van der Waals surface area contributed by atoms with Gasteiger partial charge in [0.2, 0.25) is 0 Å². The van der Waals surface area contributed by atoms with E-state index in [0.29, 0.717) is 0 Å². The van der Waals surface area contributed by atoms with Crippen molar-refractivity contribution in [1.29, 1.82) is 0 Å². The molecule has 0 aliphatic heterocycles. The van der Waals surface area contributed by atoms with Gasteiger partial charge < -0.3 is 0 Å². The quantitative estimate of drug-likeness (QED) is 0.621. The third-order valence-electron chi connectivity index (χ3n) is 5.06. The van der Waals surface area contributed by atoms with Gasteiger partial charge in [-0.25, -0.2) is 0 Å². The Morgan fingerprint density at radius 1 is 0.952 bits per heavy atom. The summed E-state index contributed by atoms with van der Waals surface area (Å²) in [5, 5.41) is 0. The summed E-state index contributed by atoms with van der Waals surface area (Å²) in [5.74, 6) is 0. The van der Waals surface area contributed by atoms with Crippen molar-refractivity contribution in [3.8, 4) is 11.1 Å². The van der Waals surface area contributed by atoms with Crippen molar-refractivity contribution >= 4 is 0 Å². The second-order valence-electron chi connectivity index (χ2n) is 6.19. The fourth-order valence-corrected chi connectivity index (χ4v) is 4.10. The van der Waals surface area contributed by atoms with Crippen LogP contribution in [0.15, 0.2) is 72.3 Å². The van der Waals surface area contributed by atoms with Crippen LogP contribution >= 0.6 is 0 Å². The van der Waals surface area contributed by atoms with E-state index in [1.54, 1.807) is 5.57 Å². The second kappa shape index (κ2) is 4.73. The maximum absolute atomic E-state index is 2.47. The van der Waals surface area contributed by atoms with Crippen LogP contribution < -0.4 is 0 Å². The summed E-state index contributed by atoms with van der Waals surface area (Å²) in [6, 6.07) is 17.9. The van der Waals surface area contributed by atoms with E-state index in [-0.39, 0.29) is 5.41 Å². The maximum atomic E-state index is 2.47. The van der Waals surface area contributed by atoms with Gasteiger partial charge >= 0.3 is 0 Å². The summed E-state index contributed by atoms with van der Waals surface area (Å²) in [6.45, 7) is 2.10. The van der Waals surface area contributed by atoms with Gasteiger partial charge in [0.1, 0.15) is 0 Å². The molecule has 0 unspecified atom stereocenters. The van der Waals surface area contributed by atoms with Crippen molar-refractivity contribution in [1.82, 2.24) is 0 Å². The van der Waals surface area contributed by atoms with Crippen LogP contribution in [0, 0.1) is 0 Å². The number of rotatable bonds is 2. The van der Waals surface area contributed by atoms with Gasteiger partial charge in [-0.3, -0.25) is 0 Å². The molecule has 0 atom stereocenters. The Morgan fingerprint density at radius 2 is 1.57 bits per heavy atom. The molecule has 4 rings (SSSR count). The van der Waals surface area contributed by atoms with E-state index in [4.69, 9.17) is 0 Å². The minimum atomic E-state index is 0.199. The summed E-state index contributed by atoms with van der Waals surface area (Å²) in [7, 11) is 0. The predicted octanol–water partition coefficient (Wildman–Crippen LogP) is 5.64. The van der Waals surface area contributed by atoms with Crippen LogP contribution in [0.4, 0.5) is 0 Å². The summed E-state index contributed by atoms with van der Waals surface area (Å²) < 4.78 is 0. The number of benzene rings is 2. The van der Waals surface area contributed by atoms with E-state index >= 15 is 0 Å². The molecule has 0 bridgehead atoms. The lowest BCUT2D eigenvalue weighted by Gasteiger charge is -2.27. The Labute approximate surface area is 126 Å². The highest BCUT2D eigenvalue weighted by Gasteiger charge is 2.44. The maximum Gasteiger partial charge on any atom is 0.0286 e. The molecule has 0 heteroatoms. The first kappa shape index (κ1) is 12.6. The molecule has 2 aliphatic carbocycles. The van der Waals surface area contributed by atoms with Crippen LogP contribution in [0.2, 0.25) is 0 Å². The molecule has 2 aromatic carbocycles. The number of hydrogen-bond acceptors (Lipinski definition) is 0. The minimum absolute atomic E-state index is 0.199. The summed E-state index contributed by atoms with van der Waals surface area (Å²) in [5.41, 5.74) is 7.71. The summed E-state index contributed by atoms with van der Waals surface area (Å²) in [4.78, 5) is 0. The smallest absolute Gasteiger partial charge is 0.0286 e. The monoisotopic (exact) mass is 272 g/mol. The van der Waals surface area contributed by atoms with Gasteiger partial charge in [-0.05, 0) is 48.4 Å². The molecule has 0 amide bonds. The van der Waals surface area contributed by atoms with E-state index in [2.05, 4.69) is 73.7 Å². The Kier molecular flexibility index (Phi) is 2.85. The lowest BCUT2D eigenvalue weighted by Crippen LogP contribution is -2.21. The molecule has 0 radical (unpaired) electrons. The first-order valence-corrected chi connectivity index (χ1v) is 7.83. The lowest BCUT2D eigenvalue weighted by atomic mass is 9.75. The van der Waals surface area contributed by atoms with Gasteiger partial charge in [-0.2, -0.15) is 0 Å². The first-order valence-electron chi connectivity index (χ1n) is 7.83. The molecule has 0 N–H and O–H groups in total. The van der Waals surface area contributed by atoms with Gasteiger partial charge in [0, 0.05) is 5.41 Å². The highest BCUT2D eigenvalue weighted by Crippen LogP contribution is 2.56. The Hall–Kier alpha value is -2.08. The molecule has 104 valence electrons.